The molecule has 1 spiro atoms. The molecule has 1 aromatic heterocycles. The standard InChI is InChI=1S/C53H33NS/c1-2-17-35(18-3-1)54(49-27-14-16-34-15-4-5-19-37(34)49)36-29-30-41-39-21-7-6-20-38(39)40-22-8-11-25-45(40)53(48(41)33-36)46-26-12-9-24-44(46)51-47(53)32-31-43-42-23-10-13-28-50(42)55-52(43)51/h1-33H. The summed E-state index contributed by atoms with van der Waals surface area (Å²) in [4.78, 5) is 2.45. The molecule has 1 nitrogen and oxygen atoms in total. The van der Waals surface area contributed by atoms with Gasteiger partial charge < -0.3 is 4.90 Å². The van der Waals surface area contributed by atoms with Crippen LogP contribution in [0.25, 0.3) is 64.3 Å². The van der Waals surface area contributed by atoms with Gasteiger partial charge in [0.15, 0.2) is 0 Å². The van der Waals surface area contributed by atoms with E-state index in [2.05, 4.69) is 205 Å². The van der Waals surface area contributed by atoms with Gasteiger partial charge in [0.05, 0.1) is 11.1 Å². The van der Waals surface area contributed by atoms with Crippen LogP contribution in [-0.2, 0) is 5.41 Å². The van der Waals surface area contributed by atoms with Crippen molar-refractivity contribution in [3.63, 3.8) is 0 Å². The first kappa shape index (κ1) is 30.7. The van der Waals surface area contributed by atoms with E-state index >= 15 is 0 Å². The number of anilines is 3. The van der Waals surface area contributed by atoms with E-state index in [1.807, 2.05) is 11.3 Å². The van der Waals surface area contributed by atoms with Crippen molar-refractivity contribution in [3.05, 3.63) is 222 Å². The molecule has 12 rings (SSSR count). The third-order valence-corrected chi connectivity index (χ3v) is 13.3. The second kappa shape index (κ2) is 11.6. The fourth-order valence-corrected chi connectivity index (χ4v) is 11.2. The van der Waals surface area contributed by atoms with Gasteiger partial charge in [-0.05, 0) is 91.9 Å². The SMILES string of the molecule is c1ccc(N(c2ccc3c(c2)C2(c4ccccc4-c4ccccc4-3)c3ccccc3-c3c2ccc2c3sc3ccccc32)c2cccc3ccccc23)cc1. The lowest BCUT2D eigenvalue weighted by atomic mass is 9.65. The zero-order valence-corrected chi connectivity index (χ0v) is 30.7. The van der Waals surface area contributed by atoms with Crippen LogP contribution >= 0.6 is 11.3 Å². The smallest absolute Gasteiger partial charge is 0.0726 e. The molecule has 2 aliphatic carbocycles. The van der Waals surface area contributed by atoms with Gasteiger partial charge in [-0.15, -0.1) is 11.3 Å². The molecule has 0 N–H and O–H groups in total. The van der Waals surface area contributed by atoms with Gasteiger partial charge in [-0.25, -0.2) is 0 Å². The summed E-state index contributed by atoms with van der Waals surface area (Å²) >= 11 is 1.93. The molecule has 0 saturated carbocycles. The highest BCUT2D eigenvalue weighted by Crippen LogP contribution is 2.64. The largest absolute Gasteiger partial charge is 0.310 e. The Morgan fingerprint density at radius 2 is 0.982 bits per heavy atom. The lowest BCUT2D eigenvalue weighted by molar-refractivity contribution is 0.776. The van der Waals surface area contributed by atoms with Crippen LogP contribution in [0.3, 0.4) is 0 Å². The Balaban J connectivity index is 1.25. The van der Waals surface area contributed by atoms with Gasteiger partial charge in [0, 0.05) is 42.5 Å². The zero-order chi connectivity index (χ0) is 36.1. The fourth-order valence-electron chi connectivity index (χ4n) is 9.89. The Kier molecular flexibility index (Phi) is 6.49. The monoisotopic (exact) mass is 715 g/mol. The average Bonchev–Trinajstić information content (AvgIpc) is 3.75. The van der Waals surface area contributed by atoms with Crippen LogP contribution in [0.4, 0.5) is 17.1 Å². The van der Waals surface area contributed by atoms with Crippen molar-refractivity contribution >= 4 is 59.3 Å². The third-order valence-electron chi connectivity index (χ3n) is 12.1. The summed E-state index contributed by atoms with van der Waals surface area (Å²) in [7, 11) is 0. The van der Waals surface area contributed by atoms with Crippen LogP contribution in [0.1, 0.15) is 22.3 Å². The van der Waals surface area contributed by atoms with E-state index in [4.69, 9.17) is 0 Å². The number of thiophene rings is 1. The van der Waals surface area contributed by atoms with Crippen molar-refractivity contribution in [1.29, 1.82) is 0 Å². The molecule has 0 radical (unpaired) electrons. The minimum absolute atomic E-state index is 0.585. The van der Waals surface area contributed by atoms with E-state index in [1.54, 1.807) is 0 Å². The lowest BCUT2D eigenvalue weighted by Crippen LogP contribution is -2.29. The third kappa shape index (κ3) is 4.18. The van der Waals surface area contributed by atoms with Crippen LogP contribution in [-0.4, -0.2) is 0 Å². The summed E-state index contributed by atoms with van der Waals surface area (Å²) in [5.41, 5.74) is 15.9. The average molecular weight is 716 g/mol. The minimum Gasteiger partial charge on any atom is -0.310 e. The normalized spacial score (nSPS) is 15.0. The number of hydrogen-bond acceptors (Lipinski definition) is 2. The number of rotatable bonds is 3. The summed E-state index contributed by atoms with van der Waals surface area (Å²) in [6.45, 7) is 0. The summed E-state index contributed by atoms with van der Waals surface area (Å²) < 4.78 is 2.69. The van der Waals surface area contributed by atoms with Crippen molar-refractivity contribution in [2.75, 3.05) is 4.90 Å². The predicted octanol–water partition coefficient (Wildman–Crippen LogP) is 14.7. The molecule has 2 aliphatic rings. The van der Waals surface area contributed by atoms with E-state index in [0.717, 1.165) is 17.1 Å². The predicted molar refractivity (Wildman–Crippen MR) is 233 cm³/mol. The molecule has 1 atom stereocenters. The van der Waals surface area contributed by atoms with E-state index in [1.165, 1.54) is 86.6 Å². The highest BCUT2D eigenvalue weighted by Gasteiger charge is 2.50. The van der Waals surface area contributed by atoms with Crippen LogP contribution in [0, 0.1) is 0 Å². The summed E-state index contributed by atoms with van der Waals surface area (Å²) in [6.07, 6.45) is 0. The number of fused-ring (bicyclic) bond motifs is 17. The second-order valence-corrected chi connectivity index (χ2v) is 15.8. The Labute approximate surface area is 324 Å². The summed E-state index contributed by atoms with van der Waals surface area (Å²) in [5.74, 6) is 0. The van der Waals surface area contributed by atoms with Crippen LogP contribution in [0.2, 0.25) is 0 Å². The van der Waals surface area contributed by atoms with Gasteiger partial charge >= 0.3 is 0 Å². The number of para-hydroxylation sites is 1. The number of benzene rings is 9. The molecular weight excluding hydrogens is 683 g/mol. The zero-order valence-electron chi connectivity index (χ0n) is 29.9. The molecule has 0 bridgehead atoms. The highest BCUT2D eigenvalue weighted by atomic mass is 32.1. The van der Waals surface area contributed by atoms with Crippen LogP contribution in [0.15, 0.2) is 200 Å². The van der Waals surface area contributed by atoms with E-state index < -0.39 is 5.41 Å². The van der Waals surface area contributed by atoms with E-state index in [9.17, 15) is 0 Å². The summed E-state index contributed by atoms with van der Waals surface area (Å²) in [6, 6.07) is 74.7. The molecule has 0 aliphatic heterocycles. The topological polar surface area (TPSA) is 3.24 Å². The van der Waals surface area contributed by atoms with Crippen molar-refractivity contribution < 1.29 is 0 Å². The lowest BCUT2D eigenvalue weighted by Gasteiger charge is -2.36. The first-order valence-corrected chi connectivity index (χ1v) is 19.8. The molecular formula is C53H33NS. The van der Waals surface area contributed by atoms with Crippen molar-refractivity contribution in [1.82, 2.24) is 0 Å². The molecule has 1 unspecified atom stereocenters. The second-order valence-electron chi connectivity index (χ2n) is 14.7. The quantitative estimate of drug-likeness (QED) is 0.176. The van der Waals surface area contributed by atoms with Gasteiger partial charge in [-0.3, -0.25) is 0 Å². The molecule has 9 aromatic carbocycles. The maximum absolute atomic E-state index is 2.52. The van der Waals surface area contributed by atoms with Gasteiger partial charge in [-0.2, -0.15) is 0 Å². The molecule has 1 heterocycles. The van der Waals surface area contributed by atoms with Crippen LogP contribution in [0.5, 0.6) is 0 Å². The first-order chi connectivity index (χ1) is 27.3. The summed E-state index contributed by atoms with van der Waals surface area (Å²) in [5, 5.41) is 5.10. The first-order valence-electron chi connectivity index (χ1n) is 19.0. The molecule has 10 aromatic rings. The highest BCUT2D eigenvalue weighted by molar-refractivity contribution is 7.26. The van der Waals surface area contributed by atoms with E-state index in [-0.39, 0.29) is 0 Å². The number of nitrogens with zero attached hydrogens (tertiary/aromatic N) is 1. The molecule has 55 heavy (non-hydrogen) atoms. The molecule has 256 valence electrons. The molecule has 0 amide bonds. The minimum atomic E-state index is -0.585. The van der Waals surface area contributed by atoms with Crippen LogP contribution < -0.4 is 4.90 Å². The molecule has 2 heteroatoms. The van der Waals surface area contributed by atoms with Crippen molar-refractivity contribution in [2.45, 2.75) is 5.41 Å². The Morgan fingerprint density at radius 3 is 1.80 bits per heavy atom. The fraction of sp³-hybridized carbons (Fsp3) is 0.0189. The maximum atomic E-state index is 2.52. The Bertz CT molecular complexity index is 3170. The van der Waals surface area contributed by atoms with Gasteiger partial charge in [-0.1, -0.05) is 164 Å². The molecule has 0 saturated heterocycles. The van der Waals surface area contributed by atoms with Gasteiger partial charge in [0.2, 0.25) is 0 Å². The number of hydrogen-bond donors (Lipinski definition) is 0. The van der Waals surface area contributed by atoms with Gasteiger partial charge in [0.25, 0.3) is 0 Å². The van der Waals surface area contributed by atoms with E-state index in [0.29, 0.717) is 0 Å². The Morgan fingerprint density at radius 1 is 0.364 bits per heavy atom. The van der Waals surface area contributed by atoms with Gasteiger partial charge in [0.1, 0.15) is 0 Å². The molecule has 0 fully saturated rings. The maximum Gasteiger partial charge on any atom is 0.0726 e. The van der Waals surface area contributed by atoms with Crippen molar-refractivity contribution in [2.24, 2.45) is 0 Å². The Hall–Kier alpha value is -6.74. The van der Waals surface area contributed by atoms with Crippen molar-refractivity contribution in [3.8, 4) is 33.4 Å².